The smallest absolute Gasteiger partial charge is 0.273 e. The number of carbonyl (C=O) groups is 1. The molecule has 90 valence electrons. The topological polar surface area (TPSA) is 75.4 Å². The van der Waals surface area contributed by atoms with Crippen molar-refractivity contribution in [3.05, 3.63) is 17.5 Å². The highest BCUT2D eigenvalue weighted by Crippen LogP contribution is 2.05. The van der Waals surface area contributed by atoms with Crippen LogP contribution in [0.5, 0.6) is 0 Å². The van der Waals surface area contributed by atoms with Crippen LogP contribution >= 0.6 is 0 Å². The molecular formula is C11H18N2O3. The van der Waals surface area contributed by atoms with Crippen LogP contribution in [0.1, 0.15) is 36.5 Å². The molecule has 0 aromatic carbocycles. The summed E-state index contributed by atoms with van der Waals surface area (Å²) in [6.45, 7) is 5.97. The minimum atomic E-state index is -0.346. The molecule has 5 heteroatoms. The van der Waals surface area contributed by atoms with Gasteiger partial charge in [0.25, 0.3) is 5.91 Å². The maximum Gasteiger partial charge on any atom is 0.273 e. The predicted octanol–water partition coefficient (Wildman–Crippen LogP) is 1.12. The van der Waals surface area contributed by atoms with Gasteiger partial charge in [-0.05, 0) is 26.2 Å². The van der Waals surface area contributed by atoms with Crippen LogP contribution in [0.4, 0.5) is 0 Å². The second-order valence-electron chi connectivity index (χ2n) is 4.22. The minimum Gasteiger partial charge on any atom is -0.393 e. The average molecular weight is 226 g/mol. The number of nitrogens with one attached hydrogen (secondary N) is 1. The molecule has 2 unspecified atom stereocenters. The standard InChI is InChI=1S/C11H18N2O3/c1-7(4-8(2)14)6-12-11(15)10-5-9(3)16-13-10/h5,7-8,14H,4,6H2,1-3H3,(H,12,15). The van der Waals surface area contributed by atoms with E-state index in [1.165, 1.54) is 0 Å². The molecule has 2 atom stereocenters. The lowest BCUT2D eigenvalue weighted by molar-refractivity contribution is 0.0930. The van der Waals surface area contributed by atoms with Gasteiger partial charge in [0.15, 0.2) is 5.69 Å². The van der Waals surface area contributed by atoms with E-state index in [0.717, 1.165) is 0 Å². The number of hydrogen-bond acceptors (Lipinski definition) is 4. The first-order valence-electron chi connectivity index (χ1n) is 5.38. The van der Waals surface area contributed by atoms with Crippen molar-refractivity contribution in [2.24, 2.45) is 5.92 Å². The largest absolute Gasteiger partial charge is 0.393 e. The molecule has 1 amide bonds. The van der Waals surface area contributed by atoms with Crippen molar-refractivity contribution in [3.63, 3.8) is 0 Å². The molecule has 16 heavy (non-hydrogen) atoms. The van der Waals surface area contributed by atoms with E-state index >= 15 is 0 Å². The summed E-state index contributed by atoms with van der Waals surface area (Å²) in [5.41, 5.74) is 0.293. The molecule has 0 radical (unpaired) electrons. The fourth-order valence-electron chi connectivity index (χ4n) is 1.50. The minimum absolute atomic E-state index is 0.233. The maximum absolute atomic E-state index is 11.6. The summed E-state index contributed by atoms with van der Waals surface area (Å²) in [5.74, 6) is 0.605. The zero-order valence-electron chi connectivity index (χ0n) is 9.86. The molecule has 2 N–H and O–H groups in total. The van der Waals surface area contributed by atoms with Crippen LogP contribution in [0.2, 0.25) is 0 Å². The zero-order chi connectivity index (χ0) is 12.1. The highest BCUT2D eigenvalue weighted by atomic mass is 16.5. The predicted molar refractivity (Wildman–Crippen MR) is 59.0 cm³/mol. The fraction of sp³-hybridized carbons (Fsp3) is 0.636. The Morgan fingerprint density at radius 3 is 2.81 bits per heavy atom. The number of aromatic nitrogens is 1. The Morgan fingerprint density at radius 2 is 2.31 bits per heavy atom. The lowest BCUT2D eigenvalue weighted by atomic mass is 10.0. The summed E-state index contributed by atoms with van der Waals surface area (Å²) >= 11 is 0. The van der Waals surface area contributed by atoms with Gasteiger partial charge >= 0.3 is 0 Å². The van der Waals surface area contributed by atoms with Gasteiger partial charge in [-0.15, -0.1) is 0 Å². The molecule has 0 aliphatic rings. The van der Waals surface area contributed by atoms with E-state index in [-0.39, 0.29) is 17.9 Å². The monoisotopic (exact) mass is 226 g/mol. The van der Waals surface area contributed by atoms with Gasteiger partial charge < -0.3 is 14.9 Å². The van der Waals surface area contributed by atoms with Crippen LogP contribution in [-0.2, 0) is 0 Å². The molecule has 1 aromatic heterocycles. The van der Waals surface area contributed by atoms with E-state index < -0.39 is 0 Å². The fourth-order valence-corrected chi connectivity index (χ4v) is 1.50. The van der Waals surface area contributed by atoms with Gasteiger partial charge in [0.1, 0.15) is 5.76 Å². The lowest BCUT2D eigenvalue weighted by Gasteiger charge is -2.13. The Kier molecular flexibility index (Phi) is 4.49. The summed E-state index contributed by atoms with van der Waals surface area (Å²) < 4.78 is 4.81. The Morgan fingerprint density at radius 1 is 1.62 bits per heavy atom. The van der Waals surface area contributed by atoms with E-state index in [1.54, 1.807) is 19.9 Å². The van der Waals surface area contributed by atoms with Crippen LogP contribution in [0.25, 0.3) is 0 Å². The number of rotatable bonds is 5. The van der Waals surface area contributed by atoms with Crippen molar-refractivity contribution < 1.29 is 14.4 Å². The van der Waals surface area contributed by atoms with Crippen LogP contribution in [-0.4, -0.2) is 28.8 Å². The van der Waals surface area contributed by atoms with Crippen molar-refractivity contribution in [3.8, 4) is 0 Å². The SMILES string of the molecule is Cc1cc(C(=O)NCC(C)CC(C)O)no1. The Balaban J connectivity index is 2.35. The maximum atomic E-state index is 11.6. The number of aliphatic hydroxyl groups excluding tert-OH is 1. The Bertz CT molecular complexity index is 347. The first kappa shape index (κ1) is 12.7. The number of hydrogen-bond donors (Lipinski definition) is 2. The van der Waals surface area contributed by atoms with E-state index in [0.29, 0.717) is 24.4 Å². The van der Waals surface area contributed by atoms with E-state index in [2.05, 4.69) is 10.5 Å². The van der Waals surface area contributed by atoms with Gasteiger partial charge in [-0.1, -0.05) is 12.1 Å². The molecular weight excluding hydrogens is 208 g/mol. The quantitative estimate of drug-likeness (QED) is 0.789. The van der Waals surface area contributed by atoms with Crippen LogP contribution in [0.15, 0.2) is 10.6 Å². The molecule has 5 nitrogen and oxygen atoms in total. The van der Waals surface area contributed by atoms with Crippen molar-refractivity contribution >= 4 is 5.91 Å². The normalized spacial score (nSPS) is 14.5. The van der Waals surface area contributed by atoms with Crippen molar-refractivity contribution in [1.82, 2.24) is 10.5 Å². The zero-order valence-corrected chi connectivity index (χ0v) is 9.86. The van der Waals surface area contributed by atoms with Gasteiger partial charge in [0, 0.05) is 12.6 Å². The van der Waals surface area contributed by atoms with Gasteiger partial charge in [0.05, 0.1) is 6.10 Å². The molecule has 0 bridgehead atoms. The third kappa shape index (κ3) is 4.02. The van der Waals surface area contributed by atoms with Gasteiger partial charge in [-0.2, -0.15) is 0 Å². The number of aliphatic hydroxyl groups is 1. The van der Waals surface area contributed by atoms with Gasteiger partial charge in [0.2, 0.25) is 0 Å². The van der Waals surface area contributed by atoms with E-state index in [1.807, 2.05) is 6.92 Å². The van der Waals surface area contributed by atoms with Crippen LogP contribution in [0.3, 0.4) is 0 Å². The molecule has 0 fully saturated rings. The van der Waals surface area contributed by atoms with Crippen LogP contribution < -0.4 is 5.32 Å². The molecule has 1 heterocycles. The lowest BCUT2D eigenvalue weighted by Crippen LogP contribution is -2.29. The Labute approximate surface area is 94.8 Å². The second kappa shape index (κ2) is 5.65. The summed E-state index contributed by atoms with van der Waals surface area (Å²) in [7, 11) is 0. The molecule has 0 aliphatic carbocycles. The van der Waals surface area contributed by atoms with Crippen molar-refractivity contribution in [2.75, 3.05) is 6.54 Å². The third-order valence-electron chi connectivity index (χ3n) is 2.22. The number of aryl methyl sites for hydroxylation is 1. The van der Waals surface area contributed by atoms with Crippen molar-refractivity contribution in [2.45, 2.75) is 33.3 Å². The summed E-state index contributed by atoms with van der Waals surface area (Å²) in [6.07, 6.45) is 0.319. The highest BCUT2D eigenvalue weighted by Gasteiger charge is 2.12. The number of amides is 1. The molecule has 0 saturated carbocycles. The van der Waals surface area contributed by atoms with E-state index in [4.69, 9.17) is 9.63 Å². The summed E-state index contributed by atoms with van der Waals surface area (Å²) in [4.78, 5) is 11.6. The summed E-state index contributed by atoms with van der Waals surface area (Å²) in [5, 5.41) is 15.5. The second-order valence-corrected chi connectivity index (χ2v) is 4.22. The molecule has 0 spiro atoms. The molecule has 1 aromatic rings. The van der Waals surface area contributed by atoms with Crippen LogP contribution in [0, 0.1) is 12.8 Å². The van der Waals surface area contributed by atoms with E-state index in [9.17, 15) is 4.79 Å². The molecule has 0 aliphatic heterocycles. The van der Waals surface area contributed by atoms with Gasteiger partial charge in [-0.3, -0.25) is 4.79 Å². The number of carbonyl (C=O) groups excluding carboxylic acids is 1. The number of nitrogens with zero attached hydrogens (tertiary/aromatic N) is 1. The third-order valence-corrected chi connectivity index (χ3v) is 2.22. The summed E-state index contributed by atoms with van der Waals surface area (Å²) in [6, 6.07) is 1.59. The average Bonchev–Trinajstić information content (AvgIpc) is 2.60. The molecule has 0 saturated heterocycles. The van der Waals surface area contributed by atoms with Crippen molar-refractivity contribution in [1.29, 1.82) is 0 Å². The molecule has 1 rings (SSSR count). The Hall–Kier alpha value is -1.36. The first-order chi connectivity index (χ1) is 7.49. The first-order valence-corrected chi connectivity index (χ1v) is 5.38. The highest BCUT2D eigenvalue weighted by molar-refractivity contribution is 5.92. The van der Waals surface area contributed by atoms with Gasteiger partial charge in [-0.25, -0.2) is 0 Å².